The fourth-order valence-corrected chi connectivity index (χ4v) is 1.89. The molecule has 0 spiro atoms. The van der Waals surface area contributed by atoms with E-state index in [0.29, 0.717) is 5.82 Å². The number of nitrogens with zero attached hydrogens (tertiary/aromatic N) is 1. The summed E-state index contributed by atoms with van der Waals surface area (Å²) in [5.41, 5.74) is 8.99. The lowest BCUT2D eigenvalue weighted by Crippen LogP contribution is -2.11. The summed E-state index contributed by atoms with van der Waals surface area (Å²) in [7, 11) is 0. The zero-order chi connectivity index (χ0) is 12.6. The maximum absolute atomic E-state index is 5.92. The van der Waals surface area contributed by atoms with Crippen LogP contribution in [0.15, 0.2) is 28.8 Å². The van der Waals surface area contributed by atoms with E-state index in [4.69, 9.17) is 10.3 Å². The van der Waals surface area contributed by atoms with Crippen molar-refractivity contribution in [2.45, 2.75) is 33.1 Å². The molecule has 17 heavy (non-hydrogen) atoms. The molecule has 2 N–H and O–H groups in total. The number of anilines is 1. The van der Waals surface area contributed by atoms with Crippen molar-refractivity contribution in [2.75, 3.05) is 5.73 Å². The number of aromatic nitrogens is 1. The molecule has 0 radical (unpaired) electrons. The summed E-state index contributed by atoms with van der Waals surface area (Å²) in [5, 5.41) is 3.89. The van der Waals surface area contributed by atoms with Crippen LogP contribution in [0, 0.1) is 6.92 Å². The van der Waals surface area contributed by atoms with Crippen molar-refractivity contribution in [3.05, 3.63) is 35.6 Å². The van der Waals surface area contributed by atoms with Crippen LogP contribution in [0.25, 0.3) is 11.1 Å². The van der Waals surface area contributed by atoms with Crippen LogP contribution in [0.3, 0.4) is 0 Å². The Morgan fingerprint density at radius 2 is 1.94 bits per heavy atom. The summed E-state index contributed by atoms with van der Waals surface area (Å²) in [4.78, 5) is 0. The SMILES string of the molecule is Cc1cccc(-c2c(N)noc2C(C)(C)C)c1. The van der Waals surface area contributed by atoms with Gasteiger partial charge < -0.3 is 10.3 Å². The van der Waals surface area contributed by atoms with Crippen LogP contribution < -0.4 is 5.73 Å². The van der Waals surface area contributed by atoms with E-state index in [-0.39, 0.29) is 5.41 Å². The van der Waals surface area contributed by atoms with Gasteiger partial charge in [0.15, 0.2) is 11.6 Å². The first kappa shape index (κ1) is 11.7. The summed E-state index contributed by atoms with van der Waals surface area (Å²) in [5.74, 6) is 1.29. The molecule has 3 nitrogen and oxygen atoms in total. The van der Waals surface area contributed by atoms with E-state index in [1.807, 2.05) is 12.1 Å². The van der Waals surface area contributed by atoms with Gasteiger partial charge in [0.1, 0.15) is 0 Å². The maximum atomic E-state index is 5.92. The van der Waals surface area contributed by atoms with Gasteiger partial charge in [0.2, 0.25) is 0 Å². The number of benzene rings is 1. The summed E-state index contributed by atoms with van der Waals surface area (Å²) in [6.45, 7) is 8.33. The van der Waals surface area contributed by atoms with Gasteiger partial charge in [-0.3, -0.25) is 0 Å². The third-order valence-corrected chi connectivity index (χ3v) is 2.71. The summed E-state index contributed by atoms with van der Waals surface area (Å²) in [6, 6.07) is 8.21. The Balaban J connectivity index is 2.63. The minimum Gasteiger partial charge on any atom is -0.380 e. The van der Waals surface area contributed by atoms with E-state index in [1.54, 1.807) is 0 Å². The van der Waals surface area contributed by atoms with E-state index in [1.165, 1.54) is 5.56 Å². The van der Waals surface area contributed by atoms with E-state index < -0.39 is 0 Å². The Morgan fingerprint density at radius 3 is 2.53 bits per heavy atom. The van der Waals surface area contributed by atoms with Gasteiger partial charge in [-0.1, -0.05) is 55.8 Å². The summed E-state index contributed by atoms with van der Waals surface area (Å²) in [6.07, 6.45) is 0. The van der Waals surface area contributed by atoms with Gasteiger partial charge in [0, 0.05) is 5.41 Å². The zero-order valence-electron chi connectivity index (χ0n) is 10.7. The predicted molar refractivity (Wildman–Crippen MR) is 69.8 cm³/mol. The summed E-state index contributed by atoms with van der Waals surface area (Å²) >= 11 is 0. The Bertz CT molecular complexity index is 535. The quantitative estimate of drug-likeness (QED) is 0.815. The molecule has 0 fully saturated rings. The fraction of sp³-hybridized carbons (Fsp3) is 0.357. The monoisotopic (exact) mass is 230 g/mol. The molecule has 2 rings (SSSR count). The highest BCUT2D eigenvalue weighted by molar-refractivity contribution is 5.76. The van der Waals surface area contributed by atoms with Crippen LogP contribution >= 0.6 is 0 Å². The molecular weight excluding hydrogens is 212 g/mol. The molecule has 1 heterocycles. The highest BCUT2D eigenvalue weighted by Gasteiger charge is 2.26. The molecule has 1 aromatic heterocycles. The van der Waals surface area contributed by atoms with Gasteiger partial charge in [0.05, 0.1) is 5.56 Å². The molecule has 0 aliphatic rings. The molecule has 90 valence electrons. The van der Waals surface area contributed by atoms with Crippen LogP contribution in [0.5, 0.6) is 0 Å². The van der Waals surface area contributed by atoms with E-state index in [9.17, 15) is 0 Å². The Hall–Kier alpha value is -1.77. The average Bonchev–Trinajstić information content (AvgIpc) is 2.59. The molecule has 0 atom stereocenters. The number of hydrogen-bond acceptors (Lipinski definition) is 3. The number of aryl methyl sites for hydroxylation is 1. The number of hydrogen-bond donors (Lipinski definition) is 1. The van der Waals surface area contributed by atoms with Crippen LogP contribution in [0.1, 0.15) is 32.1 Å². The first-order chi connectivity index (χ1) is 7.89. The number of nitrogens with two attached hydrogens (primary N) is 1. The fourth-order valence-electron chi connectivity index (χ4n) is 1.89. The average molecular weight is 230 g/mol. The van der Waals surface area contributed by atoms with Crippen LogP contribution in [0.4, 0.5) is 5.82 Å². The van der Waals surface area contributed by atoms with E-state index in [2.05, 4.69) is 45.0 Å². The van der Waals surface area contributed by atoms with Gasteiger partial charge in [-0.15, -0.1) is 0 Å². The van der Waals surface area contributed by atoms with Crippen molar-refractivity contribution >= 4 is 5.82 Å². The Labute approximate surface area is 102 Å². The minimum absolute atomic E-state index is 0.107. The van der Waals surface area contributed by atoms with Crippen molar-refractivity contribution in [1.29, 1.82) is 0 Å². The maximum Gasteiger partial charge on any atom is 0.175 e. The molecule has 0 unspecified atom stereocenters. The second-order valence-electron chi connectivity index (χ2n) is 5.39. The van der Waals surface area contributed by atoms with Crippen molar-refractivity contribution in [3.63, 3.8) is 0 Å². The van der Waals surface area contributed by atoms with Gasteiger partial charge in [-0.25, -0.2) is 0 Å². The second-order valence-corrected chi connectivity index (χ2v) is 5.39. The van der Waals surface area contributed by atoms with Crippen LogP contribution in [-0.2, 0) is 5.41 Å². The minimum atomic E-state index is -0.107. The topological polar surface area (TPSA) is 52.0 Å². The lowest BCUT2D eigenvalue weighted by atomic mass is 9.88. The molecule has 0 bridgehead atoms. The summed E-state index contributed by atoms with van der Waals surface area (Å²) < 4.78 is 5.38. The molecular formula is C14H18N2O. The Morgan fingerprint density at radius 1 is 1.24 bits per heavy atom. The van der Waals surface area contributed by atoms with Gasteiger partial charge >= 0.3 is 0 Å². The molecule has 0 aliphatic carbocycles. The van der Waals surface area contributed by atoms with Crippen LogP contribution in [0.2, 0.25) is 0 Å². The van der Waals surface area contributed by atoms with Crippen LogP contribution in [-0.4, -0.2) is 5.16 Å². The Kier molecular flexibility index (Phi) is 2.69. The van der Waals surface area contributed by atoms with Gasteiger partial charge in [0.25, 0.3) is 0 Å². The molecule has 1 aromatic carbocycles. The largest absolute Gasteiger partial charge is 0.380 e. The molecule has 2 aromatic rings. The van der Waals surface area contributed by atoms with Gasteiger partial charge in [-0.2, -0.15) is 0 Å². The highest BCUT2D eigenvalue weighted by Crippen LogP contribution is 2.36. The molecule has 0 aliphatic heterocycles. The van der Waals surface area contributed by atoms with Crippen molar-refractivity contribution in [3.8, 4) is 11.1 Å². The second kappa shape index (κ2) is 3.91. The zero-order valence-corrected chi connectivity index (χ0v) is 10.7. The standard InChI is InChI=1S/C14H18N2O/c1-9-6-5-7-10(8-9)11-12(14(2,3)4)17-16-13(11)15/h5-8H,1-4H3,(H2,15,16). The number of nitrogen functional groups attached to an aromatic ring is 1. The normalized spacial score (nSPS) is 11.8. The van der Waals surface area contributed by atoms with Gasteiger partial charge in [-0.05, 0) is 12.5 Å². The third kappa shape index (κ3) is 2.18. The van der Waals surface area contributed by atoms with Crippen molar-refractivity contribution in [1.82, 2.24) is 5.16 Å². The first-order valence-electron chi connectivity index (χ1n) is 5.72. The lowest BCUT2D eigenvalue weighted by molar-refractivity contribution is 0.332. The van der Waals surface area contributed by atoms with Crippen molar-refractivity contribution < 1.29 is 4.52 Å². The molecule has 0 amide bonds. The lowest BCUT2D eigenvalue weighted by Gasteiger charge is -2.16. The third-order valence-electron chi connectivity index (χ3n) is 2.71. The first-order valence-corrected chi connectivity index (χ1v) is 5.72. The highest BCUT2D eigenvalue weighted by atomic mass is 16.5. The van der Waals surface area contributed by atoms with Crippen molar-refractivity contribution in [2.24, 2.45) is 0 Å². The predicted octanol–water partition coefficient (Wildman–Crippen LogP) is 3.53. The smallest absolute Gasteiger partial charge is 0.175 e. The molecule has 0 saturated carbocycles. The number of rotatable bonds is 1. The van der Waals surface area contributed by atoms with E-state index in [0.717, 1.165) is 16.9 Å². The molecule has 3 heteroatoms. The molecule has 0 saturated heterocycles. The van der Waals surface area contributed by atoms with E-state index >= 15 is 0 Å².